The molecule has 1 amide bonds. The van der Waals surface area contributed by atoms with Crippen molar-refractivity contribution in [2.45, 2.75) is 31.7 Å². The Morgan fingerprint density at radius 1 is 1.07 bits per heavy atom. The molecule has 29 heavy (non-hydrogen) atoms. The van der Waals surface area contributed by atoms with Gasteiger partial charge in [0.2, 0.25) is 0 Å². The van der Waals surface area contributed by atoms with Crippen LogP contribution in [0.25, 0.3) is 11.1 Å². The molecular weight excluding hydrogens is 438 g/mol. The van der Waals surface area contributed by atoms with E-state index in [0.29, 0.717) is 24.9 Å². The standard InChI is InChI=1S/C22H20BrNO5/c23-16-6-8-18-14(11-16)4-3-13-10-15(5-7-17(13)18)20(25)12-29-21(26)19-2-1-9-24(19)22(27)28/h5-8,10-11,19H,1-4,9,12H2,(H,27,28). The van der Waals surface area contributed by atoms with Gasteiger partial charge in [-0.1, -0.05) is 34.1 Å². The van der Waals surface area contributed by atoms with Crippen molar-refractivity contribution in [2.24, 2.45) is 0 Å². The number of benzene rings is 2. The normalized spacial score (nSPS) is 17.4. The molecule has 6 nitrogen and oxygen atoms in total. The van der Waals surface area contributed by atoms with Gasteiger partial charge in [-0.2, -0.15) is 0 Å². The molecule has 1 unspecified atom stereocenters. The minimum Gasteiger partial charge on any atom is -0.465 e. The van der Waals surface area contributed by atoms with Gasteiger partial charge in [0.25, 0.3) is 0 Å². The maximum atomic E-state index is 12.5. The fourth-order valence-electron chi connectivity index (χ4n) is 4.09. The predicted molar refractivity (Wildman–Crippen MR) is 110 cm³/mol. The second-order valence-corrected chi connectivity index (χ2v) is 8.25. The zero-order chi connectivity index (χ0) is 20.5. The average molecular weight is 458 g/mol. The summed E-state index contributed by atoms with van der Waals surface area (Å²) in [7, 11) is 0. The number of nitrogens with zero attached hydrogens (tertiary/aromatic N) is 1. The van der Waals surface area contributed by atoms with Gasteiger partial charge in [-0.25, -0.2) is 9.59 Å². The minimum atomic E-state index is -1.14. The fraction of sp³-hybridized carbons (Fsp3) is 0.318. The maximum Gasteiger partial charge on any atom is 0.408 e. The second kappa shape index (κ2) is 7.99. The van der Waals surface area contributed by atoms with Gasteiger partial charge < -0.3 is 9.84 Å². The number of ether oxygens (including phenoxy) is 1. The Labute approximate surface area is 176 Å². The molecule has 0 spiro atoms. The summed E-state index contributed by atoms with van der Waals surface area (Å²) in [6, 6.07) is 11.0. The first-order valence-corrected chi connectivity index (χ1v) is 10.3. The molecule has 1 aliphatic carbocycles. The van der Waals surface area contributed by atoms with Crippen LogP contribution in [0.3, 0.4) is 0 Å². The Morgan fingerprint density at radius 3 is 2.48 bits per heavy atom. The third-order valence-corrected chi connectivity index (χ3v) is 6.06. The number of halogens is 1. The van der Waals surface area contributed by atoms with Crippen LogP contribution >= 0.6 is 15.9 Å². The summed E-state index contributed by atoms with van der Waals surface area (Å²) in [5.74, 6) is -0.946. The first kappa shape index (κ1) is 19.6. The lowest BCUT2D eigenvalue weighted by Crippen LogP contribution is -2.41. The van der Waals surface area contributed by atoms with Crippen LogP contribution < -0.4 is 0 Å². The number of carbonyl (C=O) groups excluding carboxylic acids is 2. The lowest BCUT2D eigenvalue weighted by Gasteiger charge is -2.21. The molecule has 2 aromatic carbocycles. The van der Waals surface area contributed by atoms with Gasteiger partial charge in [0.05, 0.1) is 0 Å². The Kier molecular flexibility index (Phi) is 5.41. The van der Waals surface area contributed by atoms with Gasteiger partial charge >= 0.3 is 12.1 Å². The topological polar surface area (TPSA) is 83.9 Å². The zero-order valence-electron chi connectivity index (χ0n) is 15.7. The Balaban J connectivity index is 1.45. The van der Waals surface area contributed by atoms with E-state index in [1.165, 1.54) is 11.1 Å². The largest absolute Gasteiger partial charge is 0.465 e. The van der Waals surface area contributed by atoms with Crippen LogP contribution in [0.5, 0.6) is 0 Å². The molecule has 2 aromatic rings. The number of carboxylic acid groups (broad SMARTS) is 1. The monoisotopic (exact) mass is 457 g/mol. The van der Waals surface area contributed by atoms with Gasteiger partial charge in [-0.15, -0.1) is 0 Å². The van der Waals surface area contributed by atoms with E-state index in [-0.39, 0.29) is 12.4 Å². The third kappa shape index (κ3) is 3.92. The fourth-order valence-corrected chi connectivity index (χ4v) is 4.50. The number of hydrogen-bond acceptors (Lipinski definition) is 4. The van der Waals surface area contributed by atoms with Crippen LogP contribution in [0.2, 0.25) is 0 Å². The van der Waals surface area contributed by atoms with Gasteiger partial charge in [0.15, 0.2) is 12.4 Å². The number of likely N-dealkylation sites (tertiary alicyclic amines) is 1. The Bertz CT molecular complexity index is 1000. The van der Waals surface area contributed by atoms with E-state index in [9.17, 15) is 14.4 Å². The van der Waals surface area contributed by atoms with Crippen LogP contribution in [0, 0.1) is 0 Å². The summed E-state index contributed by atoms with van der Waals surface area (Å²) in [6.07, 6.45) is 1.64. The third-order valence-electron chi connectivity index (χ3n) is 5.56. The molecule has 1 atom stereocenters. The van der Waals surface area contributed by atoms with Crippen LogP contribution in [0.4, 0.5) is 4.79 Å². The van der Waals surface area contributed by atoms with Gasteiger partial charge in [-0.05, 0) is 66.1 Å². The van der Waals surface area contributed by atoms with E-state index < -0.39 is 18.1 Å². The molecule has 150 valence electrons. The van der Waals surface area contributed by atoms with E-state index in [1.54, 1.807) is 6.07 Å². The van der Waals surface area contributed by atoms with Crippen LogP contribution in [-0.4, -0.2) is 47.0 Å². The SMILES string of the molecule is O=C(COC(=O)C1CCCN1C(=O)O)c1ccc2c(c1)CCc1cc(Br)ccc1-2. The molecule has 0 saturated carbocycles. The van der Waals surface area contributed by atoms with Crippen molar-refractivity contribution in [3.63, 3.8) is 0 Å². The summed E-state index contributed by atoms with van der Waals surface area (Å²) in [5.41, 5.74) is 5.17. The van der Waals surface area contributed by atoms with E-state index in [2.05, 4.69) is 28.1 Å². The molecular formula is C22H20BrNO5. The predicted octanol–water partition coefficient (Wildman–Crippen LogP) is 4.08. The quantitative estimate of drug-likeness (QED) is 0.552. The molecule has 1 saturated heterocycles. The van der Waals surface area contributed by atoms with Gasteiger partial charge in [-0.3, -0.25) is 9.69 Å². The highest BCUT2D eigenvalue weighted by Gasteiger charge is 2.35. The molecule has 0 aromatic heterocycles. The molecule has 0 radical (unpaired) electrons. The molecule has 1 aliphatic heterocycles. The highest BCUT2D eigenvalue weighted by Crippen LogP contribution is 2.35. The van der Waals surface area contributed by atoms with Crippen molar-refractivity contribution in [1.82, 2.24) is 4.90 Å². The van der Waals surface area contributed by atoms with Crippen molar-refractivity contribution in [3.8, 4) is 11.1 Å². The highest BCUT2D eigenvalue weighted by molar-refractivity contribution is 9.10. The first-order valence-electron chi connectivity index (χ1n) is 9.55. The number of fused-ring (bicyclic) bond motifs is 3. The number of ketones is 1. The number of rotatable bonds is 4. The number of Topliss-reactive ketones (excluding diaryl/α,β-unsaturated/α-hetero) is 1. The number of amides is 1. The van der Waals surface area contributed by atoms with Crippen molar-refractivity contribution < 1.29 is 24.2 Å². The summed E-state index contributed by atoms with van der Waals surface area (Å²) < 4.78 is 6.19. The average Bonchev–Trinajstić information content (AvgIpc) is 3.21. The van der Waals surface area contributed by atoms with Crippen molar-refractivity contribution >= 4 is 33.8 Å². The number of esters is 1. The first-order chi connectivity index (χ1) is 13.9. The summed E-state index contributed by atoms with van der Waals surface area (Å²) >= 11 is 3.50. The number of aryl methyl sites for hydroxylation is 2. The van der Waals surface area contributed by atoms with Gasteiger partial charge in [0.1, 0.15) is 6.04 Å². The van der Waals surface area contributed by atoms with Gasteiger partial charge in [0, 0.05) is 16.6 Å². The Hall–Kier alpha value is -2.67. The van der Waals surface area contributed by atoms with E-state index in [1.807, 2.05) is 18.2 Å². The van der Waals surface area contributed by atoms with E-state index in [0.717, 1.165) is 33.3 Å². The van der Waals surface area contributed by atoms with Crippen molar-refractivity contribution in [3.05, 3.63) is 57.6 Å². The van der Waals surface area contributed by atoms with Crippen LogP contribution in [0.1, 0.15) is 34.3 Å². The second-order valence-electron chi connectivity index (χ2n) is 7.34. The summed E-state index contributed by atoms with van der Waals surface area (Å²) in [4.78, 5) is 37.0. The maximum absolute atomic E-state index is 12.5. The van der Waals surface area contributed by atoms with Crippen LogP contribution in [-0.2, 0) is 22.4 Å². The molecule has 4 rings (SSSR count). The lowest BCUT2D eigenvalue weighted by atomic mass is 9.84. The minimum absolute atomic E-state index is 0.289. The van der Waals surface area contributed by atoms with E-state index in [4.69, 9.17) is 9.84 Å². The number of hydrogen-bond donors (Lipinski definition) is 1. The highest BCUT2D eigenvalue weighted by atomic mass is 79.9. The van der Waals surface area contributed by atoms with Crippen LogP contribution in [0.15, 0.2) is 40.9 Å². The number of carbonyl (C=O) groups is 3. The molecule has 7 heteroatoms. The lowest BCUT2D eigenvalue weighted by molar-refractivity contribution is -0.147. The molecule has 1 heterocycles. The smallest absolute Gasteiger partial charge is 0.408 e. The molecule has 0 bridgehead atoms. The molecule has 1 fully saturated rings. The van der Waals surface area contributed by atoms with Crippen molar-refractivity contribution in [2.75, 3.05) is 13.2 Å². The van der Waals surface area contributed by atoms with Crippen molar-refractivity contribution in [1.29, 1.82) is 0 Å². The van der Waals surface area contributed by atoms with E-state index >= 15 is 0 Å². The summed E-state index contributed by atoms with van der Waals surface area (Å²) in [5, 5.41) is 9.13. The summed E-state index contributed by atoms with van der Waals surface area (Å²) in [6.45, 7) is -0.0724. The Morgan fingerprint density at radius 2 is 1.76 bits per heavy atom. The zero-order valence-corrected chi connectivity index (χ0v) is 17.3. The molecule has 2 aliphatic rings. The molecule has 1 N–H and O–H groups in total.